The van der Waals surface area contributed by atoms with Crippen LogP contribution in [0.2, 0.25) is 0 Å². The number of aliphatic hydroxyl groups excluding tert-OH is 1. The van der Waals surface area contributed by atoms with Crippen molar-refractivity contribution in [2.75, 3.05) is 5.75 Å². The van der Waals surface area contributed by atoms with Gasteiger partial charge in [-0.15, -0.1) is 11.8 Å². The van der Waals surface area contributed by atoms with Crippen LogP contribution in [0.4, 0.5) is 0 Å². The number of aromatic nitrogens is 1. The van der Waals surface area contributed by atoms with Crippen molar-refractivity contribution >= 4 is 46.9 Å². The third kappa shape index (κ3) is 3.71. The van der Waals surface area contributed by atoms with Crippen LogP contribution in [0.15, 0.2) is 65.6 Å². The number of benzene rings is 3. The maximum Gasteiger partial charge on any atom is 0.115 e. The lowest BCUT2D eigenvalue weighted by molar-refractivity contribution is 0.181. The third-order valence-electron chi connectivity index (χ3n) is 4.72. The molecule has 5 heteroatoms. The van der Waals surface area contributed by atoms with Crippen molar-refractivity contribution in [1.82, 2.24) is 4.57 Å². The van der Waals surface area contributed by atoms with E-state index in [4.69, 9.17) is 7.85 Å². The normalized spacial score (nSPS) is 12.7. The molecule has 134 valence electrons. The number of phenols is 1. The van der Waals surface area contributed by atoms with E-state index in [0.29, 0.717) is 12.3 Å². The van der Waals surface area contributed by atoms with Gasteiger partial charge in [-0.2, -0.15) is 0 Å². The number of thioether (sulfide) groups is 1. The molecule has 0 saturated carbocycles. The van der Waals surface area contributed by atoms with E-state index in [9.17, 15) is 10.2 Å². The first-order valence-corrected chi connectivity index (χ1v) is 9.88. The predicted octanol–water partition coefficient (Wildman–Crippen LogP) is 3.76. The number of fused-ring (bicyclic) bond motifs is 3. The molecule has 0 bridgehead atoms. The van der Waals surface area contributed by atoms with E-state index in [2.05, 4.69) is 29.7 Å². The Morgan fingerprint density at radius 3 is 2.37 bits per heavy atom. The monoisotopic (exact) mass is 373 g/mol. The molecule has 1 heterocycles. The summed E-state index contributed by atoms with van der Waals surface area (Å²) in [6.07, 6.45) is -0.499. The lowest BCUT2D eigenvalue weighted by Crippen LogP contribution is -2.18. The molecule has 27 heavy (non-hydrogen) atoms. The minimum atomic E-state index is -0.499. The van der Waals surface area contributed by atoms with Gasteiger partial charge in [0.2, 0.25) is 0 Å². The summed E-state index contributed by atoms with van der Waals surface area (Å²) in [4.78, 5) is 1.03. The van der Waals surface area contributed by atoms with Gasteiger partial charge in [0.15, 0.2) is 0 Å². The maximum absolute atomic E-state index is 10.6. The Labute approximate surface area is 164 Å². The van der Waals surface area contributed by atoms with E-state index in [1.165, 1.54) is 5.56 Å². The van der Waals surface area contributed by atoms with Crippen molar-refractivity contribution in [2.45, 2.75) is 24.5 Å². The van der Waals surface area contributed by atoms with Crippen LogP contribution in [0.3, 0.4) is 0 Å². The quantitative estimate of drug-likeness (QED) is 0.414. The van der Waals surface area contributed by atoms with Gasteiger partial charge in [-0.05, 0) is 49.4 Å². The molecule has 0 aliphatic carbocycles. The van der Waals surface area contributed by atoms with E-state index in [1.807, 2.05) is 30.3 Å². The first kappa shape index (κ1) is 18.0. The molecule has 2 radical (unpaired) electrons. The number of aromatic hydroxyl groups is 1. The number of phenolic OH excluding ortho intramolecular Hbond substituents is 1. The highest BCUT2D eigenvalue weighted by Gasteiger charge is 2.14. The lowest BCUT2D eigenvalue weighted by atomic mass is 9.94. The second-order valence-corrected chi connectivity index (χ2v) is 7.96. The summed E-state index contributed by atoms with van der Waals surface area (Å²) in [6.45, 7) is 2.59. The Morgan fingerprint density at radius 1 is 0.963 bits per heavy atom. The molecule has 0 aliphatic rings. The lowest BCUT2D eigenvalue weighted by Gasteiger charge is -2.14. The summed E-state index contributed by atoms with van der Waals surface area (Å²) in [6, 6.07) is 19.4. The minimum Gasteiger partial charge on any atom is -0.508 e. The van der Waals surface area contributed by atoms with Gasteiger partial charge >= 0.3 is 0 Å². The molecule has 0 aliphatic heterocycles. The first-order valence-electron chi connectivity index (χ1n) is 8.89. The van der Waals surface area contributed by atoms with Crippen molar-refractivity contribution in [2.24, 2.45) is 0 Å². The Hall–Kier alpha value is -2.37. The van der Waals surface area contributed by atoms with Gasteiger partial charge in [0.05, 0.1) is 6.10 Å². The fourth-order valence-electron chi connectivity index (χ4n) is 3.43. The van der Waals surface area contributed by atoms with Crippen LogP contribution in [0, 0.1) is 6.92 Å². The SMILES string of the molecule is [B]c1ccc2c(c1)c1cc(C)ccc1n2CC(O)CSc1ccc(O)cc1. The van der Waals surface area contributed by atoms with Crippen LogP contribution in [0.5, 0.6) is 5.75 Å². The summed E-state index contributed by atoms with van der Waals surface area (Å²) < 4.78 is 2.17. The summed E-state index contributed by atoms with van der Waals surface area (Å²) in [5.41, 5.74) is 4.13. The first-order chi connectivity index (χ1) is 13.0. The van der Waals surface area contributed by atoms with Crippen LogP contribution >= 0.6 is 11.8 Å². The molecule has 4 rings (SSSR count). The van der Waals surface area contributed by atoms with Gasteiger partial charge in [0.25, 0.3) is 0 Å². The summed E-state index contributed by atoms with van der Waals surface area (Å²) in [5, 5.41) is 22.3. The molecule has 3 aromatic carbocycles. The fraction of sp³-hybridized carbons (Fsp3) is 0.182. The molecule has 0 amide bonds. The van der Waals surface area contributed by atoms with Gasteiger partial charge < -0.3 is 14.8 Å². The fourth-order valence-corrected chi connectivity index (χ4v) is 4.25. The maximum atomic E-state index is 10.6. The number of aryl methyl sites for hydroxylation is 1. The standard InChI is InChI=1S/C22H20BNO2S/c1-14-2-8-21-19(10-14)20-11-15(23)3-9-22(20)24(21)12-17(26)13-27-18-6-4-16(25)5-7-18/h2-11,17,25-26H,12-13H2,1H3. The molecule has 1 aromatic heterocycles. The molecule has 3 nitrogen and oxygen atoms in total. The van der Waals surface area contributed by atoms with Crippen LogP contribution in [-0.2, 0) is 6.54 Å². The zero-order valence-electron chi connectivity index (χ0n) is 15.1. The van der Waals surface area contributed by atoms with Crippen molar-refractivity contribution in [3.05, 3.63) is 66.2 Å². The number of hydrogen-bond donors (Lipinski definition) is 2. The van der Waals surface area contributed by atoms with Crippen LogP contribution in [-0.4, -0.2) is 34.5 Å². The molecule has 2 N–H and O–H groups in total. The predicted molar refractivity (Wildman–Crippen MR) is 114 cm³/mol. The average molecular weight is 373 g/mol. The third-order valence-corrected chi connectivity index (χ3v) is 5.87. The zero-order valence-corrected chi connectivity index (χ0v) is 15.9. The summed E-state index contributed by atoms with van der Waals surface area (Å²) in [5.74, 6) is 0.826. The van der Waals surface area contributed by atoms with Gasteiger partial charge in [0, 0.05) is 39.0 Å². The van der Waals surface area contributed by atoms with Crippen molar-refractivity contribution in [3.8, 4) is 5.75 Å². The summed E-state index contributed by atoms with van der Waals surface area (Å²) >= 11 is 1.58. The number of hydrogen-bond acceptors (Lipinski definition) is 3. The van der Waals surface area contributed by atoms with Gasteiger partial charge in [0.1, 0.15) is 13.6 Å². The molecule has 0 spiro atoms. The van der Waals surface area contributed by atoms with Crippen molar-refractivity contribution in [1.29, 1.82) is 0 Å². The Bertz CT molecular complexity index is 1050. The number of rotatable bonds is 5. The highest BCUT2D eigenvalue weighted by molar-refractivity contribution is 7.99. The zero-order chi connectivity index (χ0) is 19.0. The van der Waals surface area contributed by atoms with E-state index in [1.54, 1.807) is 23.9 Å². The van der Waals surface area contributed by atoms with E-state index >= 15 is 0 Å². The van der Waals surface area contributed by atoms with Gasteiger partial charge in [-0.25, -0.2) is 0 Å². The molecular formula is C22H20BNO2S. The number of aliphatic hydroxyl groups is 1. The Morgan fingerprint density at radius 2 is 1.63 bits per heavy atom. The molecule has 0 fully saturated rings. The largest absolute Gasteiger partial charge is 0.508 e. The second-order valence-electron chi connectivity index (χ2n) is 6.87. The Kier molecular flexibility index (Phi) is 4.89. The topological polar surface area (TPSA) is 45.4 Å². The second kappa shape index (κ2) is 7.33. The molecule has 4 aromatic rings. The Balaban J connectivity index is 1.63. The van der Waals surface area contributed by atoms with E-state index in [-0.39, 0.29) is 5.75 Å². The molecular weight excluding hydrogens is 353 g/mol. The van der Waals surface area contributed by atoms with Crippen LogP contribution < -0.4 is 5.46 Å². The molecule has 1 atom stereocenters. The molecule has 1 unspecified atom stereocenters. The average Bonchev–Trinajstić information content (AvgIpc) is 2.94. The van der Waals surface area contributed by atoms with Crippen LogP contribution in [0.1, 0.15) is 5.56 Å². The van der Waals surface area contributed by atoms with Crippen molar-refractivity contribution in [3.63, 3.8) is 0 Å². The van der Waals surface area contributed by atoms with E-state index in [0.717, 1.165) is 32.2 Å². The highest BCUT2D eigenvalue weighted by atomic mass is 32.2. The molecule has 0 saturated heterocycles. The van der Waals surface area contributed by atoms with E-state index < -0.39 is 6.10 Å². The smallest absolute Gasteiger partial charge is 0.115 e. The summed E-state index contributed by atoms with van der Waals surface area (Å²) in [7, 11) is 6.01. The minimum absolute atomic E-state index is 0.250. The highest BCUT2D eigenvalue weighted by Crippen LogP contribution is 2.30. The van der Waals surface area contributed by atoms with Crippen LogP contribution in [0.25, 0.3) is 21.8 Å². The van der Waals surface area contributed by atoms with Crippen molar-refractivity contribution < 1.29 is 10.2 Å². The number of nitrogens with zero attached hydrogens (tertiary/aromatic N) is 1. The van der Waals surface area contributed by atoms with Gasteiger partial charge in [-0.3, -0.25) is 0 Å². The van der Waals surface area contributed by atoms with Gasteiger partial charge in [-0.1, -0.05) is 29.2 Å².